The van der Waals surface area contributed by atoms with Gasteiger partial charge in [-0.2, -0.15) is 0 Å². The molecule has 19 heavy (non-hydrogen) atoms. The van der Waals surface area contributed by atoms with E-state index in [1.54, 1.807) is 0 Å². The van der Waals surface area contributed by atoms with Crippen LogP contribution in [0, 0.1) is 0 Å². The highest BCUT2D eigenvalue weighted by molar-refractivity contribution is 5.78. The van der Waals surface area contributed by atoms with Crippen LogP contribution in [-0.4, -0.2) is 47.7 Å². The average Bonchev–Trinajstić information content (AvgIpc) is 2.39. The van der Waals surface area contributed by atoms with Crippen molar-refractivity contribution >= 4 is 5.91 Å². The molecule has 0 bridgehead atoms. The third-order valence-electron chi connectivity index (χ3n) is 3.95. The molecule has 0 heterocycles. The molecule has 0 saturated heterocycles. The Bertz CT molecular complexity index is 253. The van der Waals surface area contributed by atoms with E-state index in [2.05, 4.69) is 24.1 Å². The molecule has 2 N–H and O–H groups in total. The van der Waals surface area contributed by atoms with Crippen molar-refractivity contribution < 1.29 is 9.90 Å². The number of aliphatic hydroxyl groups excluding tert-OH is 1. The summed E-state index contributed by atoms with van der Waals surface area (Å²) in [4.78, 5) is 14.2. The van der Waals surface area contributed by atoms with E-state index in [0.29, 0.717) is 19.1 Å². The highest BCUT2D eigenvalue weighted by Gasteiger charge is 2.22. The summed E-state index contributed by atoms with van der Waals surface area (Å²) in [6, 6.07) is 0.730. The van der Waals surface area contributed by atoms with Crippen LogP contribution in [0.1, 0.15) is 58.8 Å². The Hall–Kier alpha value is -0.610. The van der Waals surface area contributed by atoms with Crippen molar-refractivity contribution in [2.45, 2.75) is 70.9 Å². The number of carbonyl (C=O) groups excluding carboxylic acids is 1. The monoisotopic (exact) mass is 270 g/mol. The van der Waals surface area contributed by atoms with Crippen LogP contribution in [0.25, 0.3) is 0 Å². The van der Waals surface area contributed by atoms with Crippen molar-refractivity contribution in [1.82, 2.24) is 10.2 Å². The standard InChI is InChI=1S/C15H30N2O2/c1-3-7-13(2)16-15(19)12-17(10-11-18)14-8-5-4-6-9-14/h13-14,18H,3-12H2,1-2H3,(H,16,19). The van der Waals surface area contributed by atoms with Gasteiger partial charge in [0.1, 0.15) is 0 Å². The molecule has 1 aliphatic carbocycles. The minimum absolute atomic E-state index is 0.0972. The maximum Gasteiger partial charge on any atom is 0.234 e. The van der Waals surface area contributed by atoms with E-state index in [0.717, 1.165) is 25.7 Å². The molecule has 1 atom stereocenters. The van der Waals surface area contributed by atoms with Gasteiger partial charge >= 0.3 is 0 Å². The number of rotatable bonds is 8. The molecule has 1 aliphatic rings. The SMILES string of the molecule is CCCC(C)NC(=O)CN(CCO)C1CCCCC1. The Kier molecular flexibility index (Phi) is 8.07. The predicted molar refractivity (Wildman–Crippen MR) is 78.0 cm³/mol. The van der Waals surface area contributed by atoms with Crippen molar-refractivity contribution in [3.8, 4) is 0 Å². The largest absolute Gasteiger partial charge is 0.395 e. The van der Waals surface area contributed by atoms with Crippen LogP contribution in [-0.2, 0) is 4.79 Å². The van der Waals surface area contributed by atoms with Crippen molar-refractivity contribution in [2.75, 3.05) is 19.7 Å². The van der Waals surface area contributed by atoms with Crippen LogP contribution < -0.4 is 5.32 Å². The van der Waals surface area contributed by atoms with Gasteiger partial charge in [-0.15, -0.1) is 0 Å². The lowest BCUT2D eigenvalue weighted by Crippen LogP contribution is -2.46. The zero-order chi connectivity index (χ0) is 14.1. The van der Waals surface area contributed by atoms with E-state index < -0.39 is 0 Å². The number of nitrogens with one attached hydrogen (secondary N) is 1. The highest BCUT2D eigenvalue weighted by Crippen LogP contribution is 2.22. The summed E-state index contributed by atoms with van der Waals surface area (Å²) < 4.78 is 0. The molecule has 112 valence electrons. The fraction of sp³-hybridized carbons (Fsp3) is 0.933. The minimum Gasteiger partial charge on any atom is -0.395 e. The molecule has 1 fully saturated rings. The second kappa shape index (κ2) is 9.32. The molecule has 0 aliphatic heterocycles. The van der Waals surface area contributed by atoms with E-state index in [4.69, 9.17) is 0 Å². The second-order valence-corrected chi connectivity index (χ2v) is 5.74. The van der Waals surface area contributed by atoms with Gasteiger partial charge in [0, 0.05) is 18.6 Å². The van der Waals surface area contributed by atoms with Gasteiger partial charge in [0.25, 0.3) is 0 Å². The molecule has 0 spiro atoms. The fourth-order valence-electron chi connectivity index (χ4n) is 2.98. The topological polar surface area (TPSA) is 52.6 Å². The molecule has 1 amide bonds. The van der Waals surface area contributed by atoms with Crippen molar-refractivity contribution in [2.24, 2.45) is 0 Å². The first-order valence-electron chi connectivity index (χ1n) is 7.81. The zero-order valence-corrected chi connectivity index (χ0v) is 12.5. The summed E-state index contributed by atoms with van der Waals surface area (Å²) in [5.41, 5.74) is 0. The normalized spacial score (nSPS) is 18.5. The van der Waals surface area contributed by atoms with E-state index in [1.165, 1.54) is 19.3 Å². The Morgan fingerprint density at radius 2 is 2.05 bits per heavy atom. The molecule has 0 aromatic carbocycles. The molecular weight excluding hydrogens is 240 g/mol. The fourth-order valence-corrected chi connectivity index (χ4v) is 2.98. The first-order valence-corrected chi connectivity index (χ1v) is 7.81. The number of carbonyl (C=O) groups is 1. The molecular formula is C15H30N2O2. The number of aliphatic hydroxyl groups is 1. The summed E-state index contributed by atoms with van der Waals surface area (Å²) in [5, 5.41) is 12.2. The van der Waals surface area contributed by atoms with E-state index >= 15 is 0 Å². The number of hydrogen-bond acceptors (Lipinski definition) is 3. The molecule has 4 nitrogen and oxygen atoms in total. The summed E-state index contributed by atoms with van der Waals surface area (Å²) in [6.45, 7) is 5.36. The van der Waals surface area contributed by atoms with Gasteiger partial charge in [-0.05, 0) is 26.2 Å². The third kappa shape index (κ3) is 6.39. The van der Waals surface area contributed by atoms with E-state index in [1.807, 2.05) is 0 Å². The first kappa shape index (κ1) is 16.4. The molecule has 1 unspecified atom stereocenters. The smallest absolute Gasteiger partial charge is 0.234 e. The predicted octanol–water partition coefficient (Wildman–Crippen LogP) is 1.92. The summed E-state index contributed by atoms with van der Waals surface area (Å²) in [5.74, 6) is 0.0972. The molecule has 4 heteroatoms. The van der Waals surface area contributed by atoms with Gasteiger partial charge < -0.3 is 10.4 Å². The zero-order valence-electron chi connectivity index (χ0n) is 12.5. The van der Waals surface area contributed by atoms with Crippen LogP contribution in [0.3, 0.4) is 0 Å². The van der Waals surface area contributed by atoms with Crippen LogP contribution in [0.4, 0.5) is 0 Å². The van der Waals surface area contributed by atoms with Gasteiger partial charge in [-0.3, -0.25) is 9.69 Å². The van der Waals surface area contributed by atoms with Gasteiger partial charge in [0.05, 0.1) is 13.2 Å². The maximum absolute atomic E-state index is 12.0. The van der Waals surface area contributed by atoms with Gasteiger partial charge in [0.15, 0.2) is 0 Å². The summed E-state index contributed by atoms with van der Waals surface area (Å²) >= 11 is 0. The Morgan fingerprint density at radius 1 is 1.37 bits per heavy atom. The highest BCUT2D eigenvalue weighted by atomic mass is 16.3. The lowest BCUT2D eigenvalue weighted by atomic mass is 9.94. The van der Waals surface area contributed by atoms with Crippen LogP contribution in [0.5, 0.6) is 0 Å². The number of amides is 1. The van der Waals surface area contributed by atoms with Gasteiger partial charge in [-0.1, -0.05) is 32.6 Å². The van der Waals surface area contributed by atoms with Crippen LogP contribution >= 0.6 is 0 Å². The molecule has 0 radical (unpaired) electrons. The summed E-state index contributed by atoms with van der Waals surface area (Å²) in [6.07, 6.45) is 8.25. The first-order chi connectivity index (χ1) is 9.17. The lowest BCUT2D eigenvalue weighted by molar-refractivity contribution is -0.123. The van der Waals surface area contributed by atoms with Crippen LogP contribution in [0.2, 0.25) is 0 Å². The van der Waals surface area contributed by atoms with Crippen molar-refractivity contribution in [3.63, 3.8) is 0 Å². The van der Waals surface area contributed by atoms with E-state index in [9.17, 15) is 9.90 Å². The maximum atomic E-state index is 12.0. The molecule has 0 aromatic rings. The summed E-state index contributed by atoms with van der Waals surface area (Å²) in [7, 11) is 0. The van der Waals surface area contributed by atoms with Crippen LogP contribution in [0.15, 0.2) is 0 Å². The Labute approximate surface area is 117 Å². The Balaban J connectivity index is 2.40. The van der Waals surface area contributed by atoms with E-state index in [-0.39, 0.29) is 18.6 Å². The number of nitrogens with zero attached hydrogens (tertiary/aromatic N) is 1. The third-order valence-corrected chi connectivity index (χ3v) is 3.95. The average molecular weight is 270 g/mol. The number of hydrogen-bond donors (Lipinski definition) is 2. The van der Waals surface area contributed by atoms with Crippen molar-refractivity contribution in [1.29, 1.82) is 0 Å². The Morgan fingerprint density at radius 3 is 2.63 bits per heavy atom. The minimum atomic E-state index is 0.0972. The quantitative estimate of drug-likeness (QED) is 0.708. The van der Waals surface area contributed by atoms with Gasteiger partial charge in [0.2, 0.25) is 5.91 Å². The second-order valence-electron chi connectivity index (χ2n) is 5.74. The molecule has 0 aromatic heterocycles. The lowest BCUT2D eigenvalue weighted by Gasteiger charge is -2.33. The van der Waals surface area contributed by atoms with Gasteiger partial charge in [-0.25, -0.2) is 0 Å². The molecule has 1 saturated carbocycles. The molecule has 1 rings (SSSR count). The van der Waals surface area contributed by atoms with Crippen molar-refractivity contribution in [3.05, 3.63) is 0 Å².